The number of pyridine rings is 1. The molecule has 8 heteroatoms. The Bertz CT molecular complexity index is 723. The maximum Gasteiger partial charge on any atom is 0.306 e. The Morgan fingerprint density at radius 1 is 1.55 bits per heavy atom. The summed E-state index contributed by atoms with van der Waals surface area (Å²) < 4.78 is 26.7. The zero-order valence-corrected chi connectivity index (χ0v) is 11.6. The number of nitrogens with zero attached hydrogens (tertiary/aromatic N) is 1. The van der Waals surface area contributed by atoms with Crippen molar-refractivity contribution in [1.82, 2.24) is 14.7 Å². The SMILES string of the molecule is CC(CCNS(=O)(=O)c1c[nH]c2ncccc12)C(=O)O. The van der Waals surface area contributed by atoms with E-state index in [4.69, 9.17) is 5.11 Å². The van der Waals surface area contributed by atoms with Crippen LogP contribution in [0.25, 0.3) is 11.0 Å². The molecular weight excluding hydrogens is 282 g/mol. The van der Waals surface area contributed by atoms with Gasteiger partial charge in [-0.2, -0.15) is 0 Å². The van der Waals surface area contributed by atoms with E-state index in [2.05, 4.69) is 14.7 Å². The molecule has 1 unspecified atom stereocenters. The van der Waals surface area contributed by atoms with E-state index in [1.54, 1.807) is 18.3 Å². The summed E-state index contributed by atoms with van der Waals surface area (Å²) in [4.78, 5) is 17.6. The lowest BCUT2D eigenvalue weighted by Gasteiger charge is -2.08. The molecule has 20 heavy (non-hydrogen) atoms. The van der Waals surface area contributed by atoms with Crippen LogP contribution in [-0.2, 0) is 14.8 Å². The summed E-state index contributed by atoms with van der Waals surface area (Å²) in [7, 11) is -3.68. The minimum Gasteiger partial charge on any atom is -0.481 e. The number of aliphatic carboxylic acids is 1. The fourth-order valence-corrected chi connectivity index (χ4v) is 2.97. The molecule has 0 aliphatic rings. The van der Waals surface area contributed by atoms with Crippen molar-refractivity contribution >= 4 is 27.0 Å². The van der Waals surface area contributed by atoms with Gasteiger partial charge in [-0.15, -0.1) is 0 Å². The molecule has 0 aliphatic carbocycles. The van der Waals surface area contributed by atoms with Crippen LogP contribution in [0, 0.1) is 5.92 Å². The molecule has 0 aliphatic heterocycles. The van der Waals surface area contributed by atoms with Gasteiger partial charge in [0.15, 0.2) is 0 Å². The van der Waals surface area contributed by atoms with E-state index < -0.39 is 21.9 Å². The number of hydrogen-bond donors (Lipinski definition) is 3. The molecule has 1 atom stereocenters. The molecule has 0 bridgehead atoms. The summed E-state index contributed by atoms with van der Waals surface area (Å²) in [5.41, 5.74) is 0.492. The molecule has 0 saturated heterocycles. The van der Waals surface area contributed by atoms with Gasteiger partial charge in [-0.1, -0.05) is 6.92 Å². The highest BCUT2D eigenvalue weighted by atomic mass is 32.2. The third kappa shape index (κ3) is 2.97. The lowest BCUT2D eigenvalue weighted by molar-refractivity contribution is -0.141. The van der Waals surface area contributed by atoms with E-state index >= 15 is 0 Å². The largest absolute Gasteiger partial charge is 0.481 e. The van der Waals surface area contributed by atoms with Gasteiger partial charge < -0.3 is 10.1 Å². The van der Waals surface area contributed by atoms with Gasteiger partial charge in [0.25, 0.3) is 0 Å². The molecule has 2 heterocycles. The van der Waals surface area contributed by atoms with E-state index in [1.807, 2.05) is 0 Å². The van der Waals surface area contributed by atoms with Crippen molar-refractivity contribution in [3.8, 4) is 0 Å². The van der Waals surface area contributed by atoms with Crippen LogP contribution in [-0.4, -0.2) is 36.0 Å². The summed E-state index contributed by atoms with van der Waals surface area (Å²) in [6.45, 7) is 1.61. The van der Waals surface area contributed by atoms with Gasteiger partial charge in [0.05, 0.1) is 5.92 Å². The molecule has 108 valence electrons. The Morgan fingerprint density at radius 3 is 3.00 bits per heavy atom. The maximum absolute atomic E-state index is 12.2. The highest BCUT2D eigenvalue weighted by Crippen LogP contribution is 2.20. The minimum absolute atomic E-state index is 0.0722. The van der Waals surface area contributed by atoms with Crippen molar-refractivity contribution in [2.24, 2.45) is 5.92 Å². The topological polar surface area (TPSA) is 112 Å². The number of carboxylic acid groups (broad SMARTS) is 1. The highest BCUT2D eigenvalue weighted by Gasteiger charge is 2.19. The summed E-state index contributed by atoms with van der Waals surface area (Å²) in [6.07, 6.45) is 3.17. The van der Waals surface area contributed by atoms with E-state index in [0.29, 0.717) is 11.0 Å². The molecule has 0 saturated carbocycles. The van der Waals surface area contributed by atoms with Crippen molar-refractivity contribution in [2.45, 2.75) is 18.2 Å². The smallest absolute Gasteiger partial charge is 0.306 e. The monoisotopic (exact) mass is 297 g/mol. The number of fused-ring (bicyclic) bond motifs is 1. The van der Waals surface area contributed by atoms with Crippen molar-refractivity contribution in [3.05, 3.63) is 24.5 Å². The van der Waals surface area contributed by atoms with Crippen molar-refractivity contribution in [3.63, 3.8) is 0 Å². The van der Waals surface area contributed by atoms with Crippen LogP contribution in [0.1, 0.15) is 13.3 Å². The molecule has 0 spiro atoms. The number of carbonyl (C=O) groups is 1. The van der Waals surface area contributed by atoms with Gasteiger partial charge in [-0.05, 0) is 18.6 Å². The van der Waals surface area contributed by atoms with Gasteiger partial charge in [-0.3, -0.25) is 4.79 Å². The quantitative estimate of drug-likeness (QED) is 0.735. The second-order valence-electron chi connectivity index (χ2n) is 4.48. The second kappa shape index (κ2) is 5.59. The molecule has 7 nitrogen and oxygen atoms in total. The predicted molar refractivity (Wildman–Crippen MR) is 72.7 cm³/mol. The van der Waals surface area contributed by atoms with Crippen LogP contribution in [0.2, 0.25) is 0 Å². The van der Waals surface area contributed by atoms with E-state index in [0.717, 1.165) is 0 Å². The fourth-order valence-electron chi connectivity index (χ4n) is 1.76. The molecule has 0 fully saturated rings. The molecule has 0 aromatic carbocycles. The number of nitrogens with one attached hydrogen (secondary N) is 2. The molecule has 2 rings (SSSR count). The van der Waals surface area contributed by atoms with E-state index in [9.17, 15) is 13.2 Å². The third-order valence-corrected chi connectivity index (χ3v) is 4.49. The summed E-state index contributed by atoms with van der Waals surface area (Å²) in [5.74, 6) is -1.54. The zero-order valence-electron chi connectivity index (χ0n) is 10.8. The van der Waals surface area contributed by atoms with Crippen molar-refractivity contribution in [2.75, 3.05) is 6.54 Å². The number of sulfonamides is 1. The average Bonchev–Trinajstić information content (AvgIpc) is 2.82. The van der Waals surface area contributed by atoms with Gasteiger partial charge in [0.1, 0.15) is 10.5 Å². The highest BCUT2D eigenvalue weighted by molar-refractivity contribution is 7.89. The molecule has 0 amide bonds. The molecule has 0 radical (unpaired) electrons. The Kier molecular flexibility index (Phi) is 4.05. The van der Waals surface area contributed by atoms with E-state index in [-0.39, 0.29) is 17.9 Å². The van der Waals surface area contributed by atoms with Crippen LogP contribution in [0.5, 0.6) is 0 Å². The van der Waals surface area contributed by atoms with Crippen LogP contribution in [0.4, 0.5) is 0 Å². The standard InChI is InChI=1S/C12H15N3O4S/c1-8(12(16)17)4-6-15-20(18,19)10-7-14-11-9(10)3-2-5-13-11/h2-3,5,7-8,15H,4,6H2,1H3,(H,13,14)(H,16,17). The lowest BCUT2D eigenvalue weighted by atomic mass is 10.1. The Labute approximate surface area is 116 Å². The predicted octanol–water partition coefficient (Wildman–Crippen LogP) is 0.952. The first-order valence-electron chi connectivity index (χ1n) is 6.06. The normalized spacial score (nSPS) is 13.4. The van der Waals surface area contributed by atoms with Gasteiger partial charge in [0, 0.05) is 24.3 Å². The molecule has 2 aromatic heterocycles. The zero-order chi connectivity index (χ0) is 14.8. The number of carboxylic acids is 1. The molecular formula is C12H15N3O4S. The third-order valence-electron chi connectivity index (χ3n) is 2.99. The first kappa shape index (κ1) is 14.5. The first-order valence-corrected chi connectivity index (χ1v) is 7.54. The Balaban J connectivity index is 2.13. The first-order chi connectivity index (χ1) is 9.42. The summed E-state index contributed by atoms with van der Waals surface area (Å²) in [5, 5.41) is 9.25. The molecule has 2 aromatic rings. The summed E-state index contributed by atoms with van der Waals surface area (Å²) in [6, 6.07) is 3.31. The van der Waals surface area contributed by atoms with Crippen LogP contribution >= 0.6 is 0 Å². The van der Waals surface area contributed by atoms with Gasteiger partial charge in [-0.25, -0.2) is 18.1 Å². The van der Waals surface area contributed by atoms with Crippen molar-refractivity contribution < 1.29 is 18.3 Å². The maximum atomic E-state index is 12.2. The van der Waals surface area contributed by atoms with Crippen molar-refractivity contribution in [1.29, 1.82) is 0 Å². The fraction of sp³-hybridized carbons (Fsp3) is 0.333. The Hall–Kier alpha value is -1.93. The average molecular weight is 297 g/mol. The Morgan fingerprint density at radius 2 is 2.30 bits per heavy atom. The minimum atomic E-state index is -3.68. The number of H-pyrrole nitrogens is 1. The van der Waals surface area contributed by atoms with Gasteiger partial charge >= 0.3 is 5.97 Å². The molecule has 3 N–H and O–H groups in total. The van der Waals surface area contributed by atoms with Crippen LogP contribution < -0.4 is 4.72 Å². The van der Waals surface area contributed by atoms with Crippen LogP contribution in [0.15, 0.2) is 29.4 Å². The summed E-state index contributed by atoms with van der Waals surface area (Å²) >= 11 is 0. The van der Waals surface area contributed by atoms with E-state index in [1.165, 1.54) is 13.1 Å². The second-order valence-corrected chi connectivity index (χ2v) is 6.21. The number of aromatic nitrogens is 2. The lowest BCUT2D eigenvalue weighted by Crippen LogP contribution is -2.27. The number of aromatic amines is 1. The number of rotatable bonds is 6. The number of hydrogen-bond acceptors (Lipinski definition) is 4. The van der Waals surface area contributed by atoms with Gasteiger partial charge in [0.2, 0.25) is 10.0 Å². The van der Waals surface area contributed by atoms with Crippen LogP contribution in [0.3, 0.4) is 0 Å².